The molecule has 0 radical (unpaired) electrons. The van der Waals surface area contributed by atoms with Crippen LogP contribution in [-0.2, 0) is 10.8 Å². The second-order valence-electron chi connectivity index (χ2n) is 6.95. The third-order valence-electron chi connectivity index (χ3n) is 2.96. The molecule has 0 atom stereocenters. The lowest BCUT2D eigenvalue weighted by Crippen LogP contribution is -2.29. The van der Waals surface area contributed by atoms with Crippen LogP contribution in [0, 0.1) is 0 Å². The van der Waals surface area contributed by atoms with Crippen LogP contribution in [0.25, 0.3) is 0 Å². The number of amides is 1. The molecule has 1 aromatic rings. The average molecular weight is 262 g/mol. The number of hydrogen-bond donors (Lipinski definition) is 1. The summed E-state index contributed by atoms with van der Waals surface area (Å²) in [6.07, 6.45) is 0. The van der Waals surface area contributed by atoms with Crippen molar-refractivity contribution in [3.63, 3.8) is 0 Å². The molecule has 0 aliphatic carbocycles. The number of aromatic nitrogens is 1. The lowest BCUT2D eigenvalue weighted by molar-refractivity contribution is 0.0953. The maximum Gasteiger partial charge on any atom is 0.253 e. The van der Waals surface area contributed by atoms with E-state index in [9.17, 15) is 4.79 Å². The van der Waals surface area contributed by atoms with Crippen molar-refractivity contribution in [2.24, 2.45) is 0 Å². The standard InChI is InChI=1S/C16H26N2O/c1-8-17-14(19)11-9-10-12(15(2,3)4)18-13(11)16(5,6)7/h9-10H,8H2,1-7H3,(H,17,19). The second-order valence-corrected chi connectivity index (χ2v) is 6.95. The van der Waals surface area contributed by atoms with Crippen molar-refractivity contribution in [1.29, 1.82) is 0 Å². The summed E-state index contributed by atoms with van der Waals surface area (Å²) < 4.78 is 0. The van der Waals surface area contributed by atoms with Crippen LogP contribution < -0.4 is 5.32 Å². The number of rotatable bonds is 2. The van der Waals surface area contributed by atoms with E-state index in [1.54, 1.807) is 0 Å². The van der Waals surface area contributed by atoms with E-state index in [4.69, 9.17) is 4.98 Å². The van der Waals surface area contributed by atoms with E-state index in [1.165, 1.54) is 0 Å². The van der Waals surface area contributed by atoms with Gasteiger partial charge in [-0.2, -0.15) is 0 Å². The molecule has 1 heterocycles. The molecule has 1 amide bonds. The SMILES string of the molecule is CCNC(=O)c1ccc(C(C)(C)C)nc1C(C)(C)C. The Bertz CT molecular complexity index is 465. The van der Waals surface area contributed by atoms with E-state index >= 15 is 0 Å². The van der Waals surface area contributed by atoms with Gasteiger partial charge < -0.3 is 5.32 Å². The molecule has 0 unspecified atom stereocenters. The third kappa shape index (κ3) is 3.79. The smallest absolute Gasteiger partial charge is 0.253 e. The van der Waals surface area contributed by atoms with E-state index in [0.29, 0.717) is 12.1 Å². The zero-order valence-electron chi connectivity index (χ0n) is 13.2. The van der Waals surface area contributed by atoms with Gasteiger partial charge in [-0.25, -0.2) is 0 Å². The van der Waals surface area contributed by atoms with Crippen molar-refractivity contribution in [3.8, 4) is 0 Å². The first kappa shape index (κ1) is 15.7. The van der Waals surface area contributed by atoms with Gasteiger partial charge >= 0.3 is 0 Å². The molecular weight excluding hydrogens is 236 g/mol. The number of nitrogens with one attached hydrogen (secondary N) is 1. The summed E-state index contributed by atoms with van der Waals surface area (Å²) in [5.74, 6) is -0.0413. The monoisotopic (exact) mass is 262 g/mol. The molecule has 0 bridgehead atoms. The van der Waals surface area contributed by atoms with Gasteiger partial charge in [-0.3, -0.25) is 9.78 Å². The van der Waals surface area contributed by atoms with E-state index in [-0.39, 0.29) is 16.7 Å². The van der Waals surface area contributed by atoms with Crippen molar-refractivity contribution >= 4 is 5.91 Å². The average Bonchev–Trinajstić information content (AvgIpc) is 2.26. The highest BCUT2D eigenvalue weighted by Crippen LogP contribution is 2.28. The van der Waals surface area contributed by atoms with Crippen LogP contribution in [0.1, 0.15) is 70.2 Å². The third-order valence-corrected chi connectivity index (χ3v) is 2.96. The van der Waals surface area contributed by atoms with E-state index < -0.39 is 0 Å². The number of carbonyl (C=O) groups excluding carboxylic acids is 1. The van der Waals surface area contributed by atoms with Crippen LogP contribution >= 0.6 is 0 Å². The molecule has 1 N–H and O–H groups in total. The quantitative estimate of drug-likeness (QED) is 0.887. The van der Waals surface area contributed by atoms with Gasteiger partial charge in [-0.15, -0.1) is 0 Å². The van der Waals surface area contributed by atoms with Gasteiger partial charge in [-0.05, 0) is 19.1 Å². The molecule has 19 heavy (non-hydrogen) atoms. The van der Waals surface area contributed by atoms with Crippen LogP contribution in [0.3, 0.4) is 0 Å². The Morgan fingerprint density at radius 3 is 2.11 bits per heavy atom. The van der Waals surface area contributed by atoms with Crippen LogP contribution in [-0.4, -0.2) is 17.4 Å². The fraction of sp³-hybridized carbons (Fsp3) is 0.625. The summed E-state index contributed by atoms with van der Waals surface area (Å²) in [5.41, 5.74) is 2.40. The summed E-state index contributed by atoms with van der Waals surface area (Å²) in [5, 5.41) is 2.85. The predicted octanol–water partition coefficient (Wildman–Crippen LogP) is 3.43. The second kappa shape index (κ2) is 5.32. The van der Waals surface area contributed by atoms with Gasteiger partial charge in [0.05, 0.1) is 11.3 Å². The Balaban J connectivity index is 3.38. The normalized spacial score (nSPS) is 12.4. The Labute approximate surface area is 116 Å². The number of nitrogens with zero attached hydrogens (tertiary/aromatic N) is 1. The minimum atomic E-state index is -0.151. The van der Waals surface area contributed by atoms with Crippen molar-refractivity contribution in [2.45, 2.75) is 59.3 Å². The molecular formula is C16H26N2O. The highest BCUT2D eigenvalue weighted by atomic mass is 16.1. The van der Waals surface area contributed by atoms with Gasteiger partial charge in [0.15, 0.2) is 0 Å². The number of carbonyl (C=O) groups is 1. The van der Waals surface area contributed by atoms with E-state index in [1.807, 2.05) is 19.1 Å². The van der Waals surface area contributed by atoms with Crippen molar-refractivity contribution in [1.82, 2.24) is 10.3 Å². The first-order chi connectivity index (χ1) is 8.57. The molecule has 0 fully saturated rings. The molecule has 3 heteroatoms. The Hall–Kier alpha value is -1.38. The molecule has 0 spiro atoms. The van der Waals surface area contributed by atoms with Crippen LogP contribution in [0.2, 0.25) is 0 Å². The van der Waals surface area contributed by atoms with Gasteiger partial charge in [-0.1, -0.05) is 41.5 Å². The fourth-order valence-corrected chi connectivity index (χ4v) is 1.89. The molecule has 0 saturated heterocycles. The Kier molecular flexibility index (Phi) is 4.39. The van der Waals surface area contributed by atoms with Crippen LogP contribution in [0.4, 0.5) is 0 Å². The lowest BCUT2D eigenvalue weighted by atomic mass is 9.85. The van der Waals surface area contributed by atoms with Crippen molar-refractivity contribution < 1.29 is 4.79 Å². The van der Waals surface area contributed by atoms with Crippen LogP contribution in [0.5, 0.6) is 0 Å². The van der Waals surface area contributed by atoms with E-state index in [2.05, 4.69) is 46.9 Å². The minimum Gasteiger partial charge on any atom is -0.352 e. The van der Waals surface area contributed by atoms with Crippen molar-refractivity contribution in [3.05, 3.63) is 29.1 Å². The summed E-state index contributed by atoms with van der Waals surface area (Å²) >= 11 is 0. The molecule has 1 aromatic heterocycles. The molecule has 106 valence electrons. The van der Waals surface area contributed by atoms with Gasteiger partial charge in [0.25, 0.3) is 5.91 Å². The summed E-state index contributed by atoms with van der Waals surface area (Å²) in [4.78, 5) is 16.9. The predicted molar refractivity (Wildman–Crippen MR) is 79.6 cm³/mol. The highest BCUT2D eigenvalue weighted by Gasteiger charge is 2.26. The van der Waals surface area contributed by atoms with Crippen LogP contribution in [0.15, 0.2) is 12.1 Å². The molecule has 0 aliphatic heterocycles. The summed E-state index contributed by atoms with van der Waals surface area (Å²) in [7, 11) is 0. The molecule has 1 rings (SSSR count). The Morgan fingerprint density at radius 2 is 1.68 bits per heavy atom. The first-order valence-electron chi connectivity index (χ1n) is 6.87. The maximum absolute atomic E-state index is 12.1. The number of pyridine rings is 1. The van der Waals surface area contributed by atoms with Gasteiger partial charge in [0.1, 0.15) is 0 Å². The zero-order valence-corrected chi connectivity index (χ0v) is 13.2. The van der Waals surface area contributed by atoms with Crippen molar-refractivity contribution in [2.75, 3.05) is 6.54 Å². The van der Waals surface area contributed by atoms with Gasteiger partial charge in [0.2, 0.25) is 0 Å². The molecule has 3 nitrogen and oxygen atoms in total. The number of hydrogen-bond acceptors (Lipinski definition) is 2. The Morgan fingerprint density at radius 1 is 1.11 bits per heavy atom. The topological polar surface area (TPSA) is 42.0 Å². The molecule has 0 saturated carbocycles. The highest BCUT2D eigenvalue weighted by molar-refractivity contribution is 5.95. The molecule has 0 aromatic carbocycles. The summed E-state index contributed by atoms with van der Waals surface area (Å²) in [6, 6.07) is 3.86. The minimum absolute atomic E-state index is 0.0141. The first-order valence-corrected chi connectivity index (χ1v) is 6.87. The summed E-state index contributed by atoms with van der Waals surface area (Å²) in [6.45, 7) is 15.2. The van der Waals surface area contributed by atoms with Gasteiger partial charge in [0, 0.05) is 23.1 Å². The fourth-order valence-electron chi connectivity index (χ4n) is 1.89. The maximum atomic E-state index is 12.1. The van der Waals surface area contributed by atoms with E-state index in [0.717, 1.165) is 11.4 Å². The largest absolute Gasteiger partial charge is 0.352 e. The lowest BCUT2D eigenvalue weighted by Gasteiger charge is -2.25. The molecule has 0 aliphatic rings. The zero-order chi connectivity index (χ0) is 14.8.